The second-order valence-corrected chi connectivity index (χ2v) is 5.44. The summed E-state index contributed by atoms with van der Waals surface area (Å²) in [6, 6.07) is 3.79. The Kier molecular flexibility index (Phi) is 3.29. The summed E-state index contributed by atoms with van der Waals surface area (Å²) >= 11 is 7.38. The molecular formula is C10H13ClN2OS. The van der Waals surface area contributed by atoms with Gasteiger partial charge in [0.2, 0.25) is 5.91 Å². The fourth-order valence-electron chi connectivity index (χ4n) is 1.67. The number of thiophene rings is 1. The highest BCUT2D eigenvalue weighted by molar-refractivity contribution is 7.16. The third kappa shape index (κ3) is 2.51. The average molecular weight is 245 g/mol. The van der Waals surface area contributed by atoms with Crippen molar-refractivity contribution < 1.29 is 4.79 Å². The SMILES string of the molecule is CC1NCCN(Cc2ccc(Cl)s2)C1=O. The van der Waals surface area contributed by atoms with E-state index in [0.29, 0.717) is 6.54 Å². The first-order valence-corrected chi connectivity index (χ1v) is 6.12. The van der Waals surface area contributed by atoms with Gasteiger partial charge in [-0.1, -0.05) is 11.6 Å². The summed E-state index contributed by atoms with van der Waals surface area (Å²) in [7, 11) is 0. The number of carbonyl (C=O) groups excluding carboxylic acids is 1. The smallest absolute Gasteiger partial charge is 0.239 e. The molecule has 1 amide bonds. The molecule has 0 spiro atoms. The molecule has 15 heavy (non-hydrogen) atoms. The molecule has 1 atom stereocenters. The highest BCUT2D eigenvalue weighted by atomic mass is 35.5. The van der Waals surface area contributed by atoms with E-state index in [1.54, 1.807) is 0 Å². The standard InChI is InChI=1S/C10H13ClN2OS/c1-7-10(14)13(5-4-12-7)6-8-2-3-9(11)15-8/h2-3,7,12H,4-6H2,1H3. The van der Waals surface area contributed by atoms with Crippen molar-refractivity contribution in [1.82, 2.24) is 10.2 Å². The van der Waals surface area contributed by atoms with Gasteiger partial charge < -0.3 is 10.2 Å². The lowest BCUT2D eigenvalue weighted by molar-refractivity contribution is -0.135. The zero-order valence-electron chi connectivity index (χ0n) is 8.50. The summed E-state index contributed by atoms with van der Waals surface area (Å²) < 4.78 is 0.778. The normalized spacial score (nSPS) is 22.1. The maximum atomic E-state index is 11.8. The Morgan fingerprint density at radius 1 is 1.67 bits per heavy atom. The summed E-state index contributed by atoms with van der Waals surface area (Å²) in [6.07, 6.45) is 0. The number of piperazine rings is 1. The van der Waals surface area contributed by atoms with Crippen LogP contribution in [0.15, 0.2) is 12.1 Å². The fourth-order valence-corrected chi connectivity index (χ4v) is 2.77. The zero-order chi connectivity index (χ0) is 10.8. The second-order valence-electron chi connectivity index (χ2n) is 3.64. The van der Waals surface area contributed by atoms with Crippen LogP contribution in [0.5, 0.6) is 0 Å². The fraction of sp³-hybridized carbons (Fsp3) is 0.500. The van der Waals surface area contributed by atoms with Gasteiger partial charge in [-0.05, 0) is 19.1 Å². The molecule has 82 valence electrons. The highest BCUT2D eigenvalue weighted by Crippen LogP contribution is 2.23. The molecule has 0 radical (unpaired) electrons. The number of nitrogens with one attached hydrogen (secondary N) is 1. The van der Waals surface area contributed by atoms with E-state index in [4.69, 9.17) is 11.6 Å². The maximum absolute atomic E-state index is 11.8. The zero-order valence-corrected chi connectivity index (χ0v) is 10.1. The van der Waals surface area contributed by atoms with Crippen molar-refractivity contribution in [1.29, 1.82) is 0 Å². The minimum atomic E-state index is -0.0609. The molecule has 0 aliphatic carbocycles. The quantitative estimate of drug-likeness (QED) is 0.859. The third-order valence-electron chi connectivity index (χ3n) is 2.49. The summed E-state index contributed by atoms with van der Waals surface area (Å²) in [5, 5.41) is 3.14. The molecular weight excluding hydrogens is 232 g/mol. The molecule has 1 N–H and O–H groups in total. The predicted molar refractivity (Wildman–Crippen MR) is 62.2 cm³/mol. The monoisotopic (exact) mass is 244 g/mol. The van der Waals surface area contributed by atoms with E-state index in [9.17, 15) is 4.79 Å². The molecule has 1 unspecified atom stereocenters. The van der Waals surface area contributed by atoms with Crippen molar-refractivity contribution in [3.8, 4) is 0 Å². The van der Waals surface area contributed by atoms with Crippen LogP contribution in [0.3, 0.4) is 0 Å². The molecule has 5 heteroatoms. The number of carbonyl (C=O) groups is 1. The number of amides is 1. The van der Waals surface area contributed by atoms with Crippen LogP contribution in [-0.2, 0) is 11.3 Å². The van der Waals surface area contributed by atoms with Crippen molar-refractivity contribution in [3.63, 3.8) is 0 Å². The molecule has 1 aromatic heterocycles. The molecule has 0 bridgehead atoms. The van der Waals surface area contributed by atoms with Gasteiger partial charge in [0.25, 0.3) is 0 Å². The van der Waals surface area contributed by atoms with Crippen molar-refractivity contribution in [2.24, 2.45) is 0 Å². The van der Waals surface area contributed by atoms with E-state index >= 15 is 0 Å². The minimum absolute atomic E-state index is 0.0609. The number of rotatable bonds is 2. The first-order valence-electron chi connectivity index (χ1n) is 4.93. The Bertz CT molecular complexity index is 366. The molecule has 2 rings (SSSR count). The Balaban J connectivity index is 2.02. The van der Waals surface area contributed by atoms with Crippen LogP contribution in [0.2, 0.25) is 4.34 Å². The van der Waals surface area contributed by atoms with Crippen LogP contribution >= 0.6 is 22.9 Å². The number of halogens is 1. The molecule has 0 aromatic carbocycles. The van der Waals surface area contributed by atoms with Crippen LogP contribution in [-0.4, -0.2) is 29.9 Å². The van der Waals surface area contributed by atoms with Gasteiger partial charge in [0.05, 0.1) is 16.9 Å². The lowest BCUT2D eigenvalue weighted by Crippen LogP contribution is -2.53. The van der Waals surface area contributed by atoms with Crippen molar-refractivity contribution in [3.05, 3.63) is 21.3 Å². The molecule has 1 saturated heterocycles. The van der Waals surface area contributed by atoms with Gasteiger partial charge >= 0.3 is 0 Å². The Morgan fingerprint density at radius 3 is 3.13 bits per heavy atom. The largest absolute Gasteiger partial charge is 0.335 e. The van der Waals surface area contributed by atoms with E-state index in [-0.39, 0.29) is 11.9 Å². The summed E-state index contributed by atoms with van der Waals surface area (Å²) in [5.41, 5.74) is 0. The van der Waals surface area contributed by atoms with E-state index in [2.05, 4.69) is 5.32 Å². The van der Waals surface area contributed by atoms with Gasteiger partial charge in [-0.2, -0.15) is 0 Å². The molecule has 3 nitrogen and oxygen atoms in total. The van der Waals surface area contributed by atoms with Crippen LogP contribution < -0.4 is 5.32 Å². The van der Waals surface area contributed by atoms with Crippen molar-refractivity contribution >= 4 is 28.8 Å². The Morgan fingerprint density at radius 2 is 2.47 bits per heavy atom. The maximum Gasteiger partial charge on any atom is 0.239 e. The van der Waals surface area contributed by atoms with Crippen LogP contribution in [0.25, 0.3) is 0 Å². The van der Waals surface area contributed by atoms with Crippen molar-refractivity contribution in [2.75, 3.05) is 13.1 Å². The van der Waals surface area contributed by atoms with Gasteiger partial charge in [-0.25, -0.2) is 0 Å². The van der Waals surface area contributed by atoms with E-state index in [1.807, 2.05) is 24.0 Å². The third-order valence-corrected chi connectivity index (χ3v) is 3.71. The second kappa shape index (κ2) is 4.51. The highest BCUT2D eigenvalue weighted by Gasteiger charge is 2.24. The van der Waals surface area contributed by atoms with Crippen LogP contribution in [0, 0.1) is 0 Å². The molecule has 1 fully saturated rings. The number of nitrogens with zero attached hydrogens (tertiary/aromatic N) is 1. The lowest BCUT2D eigenvalue weighted by atomic mass is 10.2. The molecule has 2 heterocycles. The van der Waals surface area contributed by atoms with E-state index < -0.39 is 0 Å². The summed E-state index contributed by atoms with van der Waals surface area (Å²) in [5.74, 6) is 0.172. The molecule has 1 aliphatic rings. The average Bonchev–Trinajstić information content (AvgIpc) is 2.59. The lowest BCUT2D eigenvalue weighted by Gasteiger charge is -2.31. The van der Waals surface area contributed by atoms with Gasteiger partial charge in [-0.15, -0.1) is 11.3 Å². The van der Waals surface area contributed by atoms with Gasteiger partial charge in [0.1, 0.15) is 0 Å². The Labute approximate surface area is 98.0 Å². The van der Waals surface area contributed by atoms with Crippen LogP contribution in [0.1, 0.15) is 11.8 Å². The molecule has 1 aromatic rings. The van der Waals surface area contributed by atoms with Gasteiger partial charge in [0.15, 0.2) is 0 Å². The van der Waals surface area contributed by atoms with Gasteiger partial charge in [-0.3, -0.25) is 4.79 Å². The minimum Gasteiger partial charge on any atom is -0.335 e. The summed E-state index contributed by atoms with van der Waals surface area (Å²) in [4.78, 5) is 14.8. The number of hydrogen-bond acceptors (Lipinski definition) is 3. The van der Waals surface area contributed by atoms with Crippen molar-refractivity contribution in [2.45, 2.75) is 19.5 Å². The van der Waals surface area contributed by atoms with Crippen LogP contribution in [0.4, 0.5) is 0 Å². The van der Waals surface area contributed by atoms with E-state index in [1.165, 1.54) is 11.3 Å². The van der Waals surface area contributed by atoms with Gasteiger partial charge in [0, 0.05) is 18.0 Å². The Hall–Kier alpha value is -0.580. The number of hydrogen-bond donors (Lipinski definition) is 1. The molecule has 1 aliphatic heterocycles. The predicted octanol–water partition coefficient (Wildman–Crippen LogP) is 1.72. The molecule has 0 saturated carbocycles. The first kappa shape index (κ1) is 10.9. The first-order chi connectivity index (χ1) is 7.16. The topological polar surface area (TPSA) is 32.3 Å². The van der Waals surface area contributed by atoms with E-state index in [0.717, 1.165) is 22.3 Å². The summed E-state index contributed by atoms with van der Waals surface area (Å²) in [6.45, 7) is 4.23.